The molecule has 1 amide bonds. The number of carboxylic acids is 1. The summed E-state index contributed by atoms with van der Waals surface area (Å²) in [6.07, 6.45) is 0. The molecule has 0 bridgehead atoms. The number of carbonyl (C=O) groups is 2. The fourth-order valence-electron chi connectivity index (χ4n) is 2.37. The van der Waals surface area contributed by atoms with Crippen LogP contribution in [0, 0.1) is 13.8 Å². The Kier molecular flexibility index (Phi) is 4.16. The van der Waals surface area contributed by atoms with Crippen LogP contribution >= 0.6 is 0 Å². The molecule has 6 nitrogen and oxygen atoms in total. The van der Waals surface area contributed by atoms with Crippen LogP contribution in [0.5, 0.6) is 0 Å². The lowest BCUT2D eigenvalue weighted by Crippen LogP contribution is -2.23. The lowest BCUT2D eigenvalue weighted by Gasteiger charge is -2.06. The molecule has 2 aromatic heterocycles. The molecule has 21 heavy (non-hydrogen) atoms. The van der Waals surface area contributed by atoms with Gasteiger partial charge in [-0.1, -0.05) is 0 Å². The molecule has 0 atom stereocenters. The van der Waals surface area contributed by atoms with Gasteiger partial charge in [0.05, 0.1) is 12.1 Å². The van der Waals surface area contributed by atoms with Gasteiger partial charge < -0.3 is 19.4 Å². The Morgan fingerprint density at radius 1 is 1.33 bits per heavy atom. The summed E-state index contributed by atoms with van der Waals surface area (Å²) in [6.45, 7) is 6.85. The Bertz CT molecular complexity index is 682. The third kappa shape index (κ3) is 2.99. The molecule has 0 saturated carbocycles. The molecule has 0 radical (unpaired) electrons. The number of nitrogens with zero attached hydrogens (tertiary/aromatic N) is 1. The van der Waals surface area contributed by atoms with Gasteiger partial charge >= 0.3 is 5.97 Å². The van der Waals surface area contributed by atoms with Crippen LogP contribution in [0.1, 0.15) is 45.0 Å². The molecule has 2 N–H and O–H groups in total. The third-order valence-electron chi connectivity index (χ3n) is 3.43. The largest absolute Gasteiger partial charge is 0.475 e. The van der Waals surface area contributed by atoms with Crippen LogP contribution in [-0.4, -0.2) is 21.6 Å². The van der Waals surface area contributed by atoms with Crippen LogP contribution in [0.4, 0.5) is 0 Å². The SMILES string of the molecule is CCn1c(C)cc(C(=O)NCc2ccc(C(=O)O)o2)c1C. The molecule has 0 aliphatic heterocycles. The molecule has 2 aromatic rings. The van der Waals surface area contributed by atoms with Gasteiger partial charge in [0.2, 0.25) is 5.76 Å². The van der Waals surface area contributed by atoms with E-state index < -0.39 is 5.97 Å². The maximum absolute atomic E-state index is 12.2. The summed E-state index contributed by atoms with van der Waals surface area (Å²) in [5, 5.41) is 11.5. The van der Waals surface area contributed by atoms with Gasteiger partial charge in [-0.25, -0.2) is 4.79 Å². The molecular formula is C15H18N2O4. The lowest BCUT2D eigenvalue weighted by molar-refractivity contribution is 0.0660. The van der Waals surface area contributed by atoms with Crippen LogP contribution < -0.4 is 5.32 Å². The number of carbonyl (C=O) groups excluding carboxylic acids is 1. The normalized spacial score (nSPS) is 10.6. The highest BCUT2D eigenvalue weighted by Crippen LogP contribution is 2.15. The molecule has 0 aliphatic rings. The predicted octanol–water partition coefficient (Wildman–Crippen LogP) is 2.35. The smallest absolute Gasteiger partial charge is 0.371 e. The first-order valence-electron chi connectivity index (χ1n) is 6.71. The second kappa shape index (κ2) is 5.87. The van der Waals surface area contributed by atoms with Crippen molar-refractivity contribution < 1.29 is 19.1 Å². The molecule has 112 valence electrons. The van der Waals surface area contributed by atoms with Gasteiger partial charge in [0, 0.05) is 17.9 Å². The second-order valence-corrected chi connectivity index (χ2v) is 4.78. The average Bonchev–Trinajstić information content (AvgIpc) is 3.01. The fraction of sp³-hybridized carbons (Fsp3) is 0.333. The molecule has 0 unspecified atom stereocenters. The van der Waals surface area contributed by atoms with Crippen molar-refractivity contribution in [1.82, 2.24) is 9.88 Å². The van der Waals surface area contributed by atoms with Crippen molar-refractivity contribution in [3.63, 3.8) is 0 Å². The topological polar surface area (TPSA) is 84.5 Å². The summed E-state index contributed by atoms with van der Waals surface area (Å²) in [6, 6.07) is 4.75. The van der Waals surface area contributed by atoms with Crippen molar-refractivity contribution in [2.75, 3.05) is 0 Å². The molecule has 0 spiro atoms. The van der Waals surface area contributed by atoms with Crippen molar-refractivity contribution in [3.05, 3.63) is 46.7 Å². The zero-order valence-corrected chi connectivity index (χ0v) is 12.3. The first-order valence-corrected chi connectivity index (χ1v) is 6.71. The summed E-state index contributed by atoms with van der Waals surface area (Å²) in [5.74, 6) is -1.05. The van der Waals surface area contributed by atoms with Gasteiger partial charge in [-0.3, -0.25) is 4.79 Å². The first-order chi connectivity index (χ1) is 9.93. The molecular weight excluding hydrogens is 272 g/mol. The average molecular weight is 290 g/mol. The van der Waals surface area contributed by atoms with Crippen LogP contribution in [0.3, 0.4) is 0 Å². The van der Waals surface area contributed by atoms with E-state index in [9.17, 15) is 9.59 Å². The summed E-state index contributed by atoms with van der Waals surface area (Å²) in [5.41, 5.74) is 2.57. The predicted molar refractivity (Wildman–Crippen MR) is 76.4 cm³/mol. The van der Waals surface area contributed by atoms with E-state index in [0.29, 0.717) is 11.3 Å². The maximum atomic E-state index is 12.2. The van der Waals surface area contributed by atoms with Crippen molar-refractivity contribution in [2.24, 2.45) is 0 Å². The number of rotatable bonds is 5. The quantitative estimate of drug-likeness (QED) is 0.885. The number of aromatic carboxylic acids is 1. The number of furan rings is 1. The summed E-state index contributed by atoms with van der Waals surface area (Å²) in [4.78, 5) is 22.9. The lowest BCUT2D eigenvalue weighted by atomic mass is 10.2. The number of hydrogen-bond acceptors (Lipinski definition) is 3. The van der Waals surface area contributed by atoms with Crippen LogP contribution in [0.15, 0.2) is 22.6 Å². The number of carboxylic acid groups (broad SMARTS) is 1. The molecule has 0 aliphatic carbocycles. The minimum absolute atomic E-state index is 0.136. The highest BCUT2D eigenvalue weighted by atomic mass is 16.4. The fourth-order valence-corrected chi connectivity index (χ4v) is 2.37. The van der Waals surface area contributed by atoms with Crippen molar-refractivity contribution in [2.45, 2.75) is 33.9 Å². The van der Waals surface area contributed by atoms with Gasteiger partial charge in [0.25, 0.3) is 5.91 Å². The Labute approximate surface area is 122 Å². The molecule has 2 heterocycles. The Balaban J connectivity index is 2.06. The van der Waals surface area contributed by atoms with Crippen molar-refractivity contribution in [1.29, 1.82) is 0 Å². The number of aromatic nitrogens is 1. The van der Waals surface area contributed by atoms with Crippen LogP contribution in [0.2, 0.25) is 0 Å². The first kappa shape index (κ1) is 14.9. The minimum Gasteiger partial charge on any atom is -0.475 e. The minimum atomic E-state index is -1.13. The molecule has 0 fully saturated rings. The van der Waals surface area contributed by atoms with E-state index in [-0.39, 0.29) is 18.2 Å². The Morgan fingerprint density at radius 3 is 2.57 bits per heavy atom. The van der Waals surface area contributed by atoms with Gasteiger partial charge in [-0.15, -0.1) is 0 Å². The maximum Gasteiger partial charge on any atom is 0.371 e. The van der Waals surface area contributed by atoms with E-state index in [1.165, 1.54) is 6.07 Å². The van der Waals surface area contributed by atoms with E-state index in [4.69, 9.17) is 9.52 Å². The number of nitrogens with one attached hydrogen (secondary N) is 1. The summed E-state index contributed by atoms with van der Waals surface area (Å²) >= 11 is 0. The molecule has 6 heteroatoms. The van der Waals surface area contributed by atoms with E-state index in [1.807, 2.05) is 26.8 Å². The number of aryl methyl sites for hydroxylation is 1. The van der Waals surface area contributed by atoms with Crippen LogP contribution in [0.25, 0.3) is 0 Å². The highest BCUT2D eigenvalue weighted by Gasteiger charge is 2.15. The molecule has 0 saturated heterocycles. The molecule has 0 aromatic carbocycles. The standard InChI is InChI=1S/C15H18N2O4/c1-4-17-9(2)7-12(10(17)3)14(18)16-8-11-5-6-13(21-11)15(19)20/h5-7H,4,8H2,1-3H3,(H,16,18)(H,19,20). The van der Waals surface area contributed by atoms with Gasteiger partial charge in [-0.05, 0) is 39.0 Å². The third-order valence-corrected chi connectivity index (χ3v) is 3.43. The number of hydrogen-bond donors (Lipinski definition) is 2. The van der Waals surface area contributed by atoms with Gasteiger partial charge in [0.1, 0.15) is 5.76 Å². The van der Waals surface area contributed by atoms with Gasteiger partial charge in [-0.2, -0.15) is 0 Å². The van der Waals surface area contributed by atoms with E-state index in [1.54, 1.807) is 6.07 Å². The zero-order valence-electron chi connectivity index (χ0n) is 12.3. The van der Waals surface area contributed by atoms with Crippen LogP contribution in [-0.2, 0) is 13.1 Å². The second-order valence-electron chi connectivity index (χ2n) is 4.78. The molecule has 2 rings (SSSR count). The highest BCUT2D eigenvalue weighted by molar-refractivity contribution is 5.95. The Morgan fingerprint density at radius 2 is 2.05 bits per heavy atom. The van der Waals surface area contributed by atoms with E-state index in [0.717, 1.165) is 17.9 Å². The van der Waals surface area contributed by atoms with Crippen molar-refractivity contribution in [3.8, 4) is 0 Å². The van der Waals surface area contributed by atoms with E-state index in [2.05, 4.69) is 9.88 Å². The van der Waals surface area contributed by atoms with E-state index >= 15 is 0 Å². The van der Waals surface area contributed by atoms with Gasteiger partial charge in [0.15, 0.2) is 0 Å². The summed E-state index contributed by atoms with van der Waals surface area (Å²) in [7, 11) is 0. The number of amides is 1. The summed E-state index contributed by atoms with van der Waals surface area (Å²) < 4.78 is 7.15. The zero-order chi connectivity index (χ0) is 15.6. The van der Waals surface area contributed by atoms with Crippen molar-refractivity contribution >= 4 is 11.9 Å². The monoisotopic (exact) mass is 290 g/mol. The Hall–Kier alpha value is -2.50.